The van der Waals surface area contributed by atoms with Crippen LogP contribution in [0, 0.1) is 16.7 Å². The lowest BCUT2D eigenvalue weighted by Crippen LogP contribution is -2.82. The van der Waals surface area contributed by atoms with Gasteiger partial charge < -0.3 is 47.7 Å². The highest BCUT2D eigenvalue weighted by atomic mass is 35.6. The SMILES string of the molecule is CC(=O)O[C@@]12CO[C@@H]1C[C@H](OC(=O)OCC(Cl)(Cl)Cl)[C@@]1(C)C(=O)[C@H](OC(=O)OCC(Cl)(Cl)Cl)C3=C(C)[C@@H](OC(=O)[C@@H]4OC(c5ccccc5)=N[C@H]4c4ccccc4)C[C@@](O)([C@@H](OC(=O)c4ccccc4)[C@H]21)C3(C)C. The zero-order chi connectivity index (χ0) is 53.8. The van der Waals surface area contributed by atoms with Gasteiger partial charge in [0.2, 0.25) is 19.6 Å². The second-order valence-corrected chi connectivity index (χ2v) is 24.3. The highest BCUT2D eigenvalue weighted by Gasteiger charge is 2.79. The minimum absolute atomic E-state index is 0.00553. The van der Waals surface area contributed by atoms with Gasteiger partial charge in [-0.2, -0.15) is 0 Å². The number of aliphatic hydroxyl groups is 1. The first-order valence-corrected chi connectivity index (χ1v) is 25.4. The monoisotopic (exact) mass is 1140 g/mol. The summed E-state index contributed by atoms with van der Waals surface area (Å²) < 4.78 is 49.5. The number of hydrogen-bond acceptors (Lipinski definition) is 17. The standard InChI is InChI=1S/C51H49Cl6NO16/c1-26-31(69-43(62)37-35(28-15-9-6-10-16-28)58-41(71-37)29-17-11-7-12-18-29)22-49(65)40(73-42(61)30-19-13-8-14-20-30)38-47(5,39(60)36(34(26)46(49,3)4)72-45(64)68-25-51(55,56)57)32(70-44(63)67-24-50(52,53)54)21-33-48(38,23-66-33)74-27(2)59/h6-20,31-33,35-38,40,65H,21-25H2,1-5H3/t31-,32-,33+,35-,36+,37+,38-,40-,47+,48-,49+/m0/s1. The van der Waals surface area contributed by atoms with Crippen LogP contribution in [0.3, 0.4) is 0 Å². The number of ketones is 1. The summed E-state index contributed by atoms with van der Waals surface area (Å²) in [6.07, 6.45) is -14.1. The largest absolute Gasteiger partial charge is 0.509 e. The zero-order valence-corrected chi connectivity index (χ0v) is 44.6. The molecule has 3 aliphatic carbocycles. The number of carbonyl (C=O) groups excluding carboxylic acids is 6. The molecule has 2 aliphatic heterocycles. The number of nitrogens with zero attached hydrogens (tertiary/aromatic N) is 1. The summed E-state index contributed by atoms with van der Waals surface area (Å²) in [5.41, 5.74) is -7.68. The quantitative estimate of drug-likeness (QED) is 0.0818. The van der Waals surface area contributed by atoms with Crippen LogP contribution >= 0.6 is 69.6 Å². The molecule has 0 radical (unpaired) electrons. The number of alkyl halides is 6. The molecule has 1 saturated heterocycles. The summed E-state index contributed by atoms with van der Waals surface area (Å²) in [6, 6.07) is 24.4. The van der Waals surface area contributed by atoms with E-state index in [-0.39, 0.29) is 22.6 Å². The van der Waals surface area contributed by atoms with Gasteiger partial charge in [0.15, 0.2) is 17.5 Å². The van der Waals surface area contributed by atoms with E-state index >= 15 is 4.79 Å². The van der Waals surface area contributed by atoms with Gasteiger partial charge in [-0.1, -0.05) is 150 Å². The number of ether oxygens (including phenoxy) is 9. The molecule has 5 aliphatic rings. The van der Waals surface area contributed by atoms with Gasteiger partial charge in [0.05, 0.1) is 23.5 Å². The fraction of sp³-hybridized carbons (Fsp3) is 0.471. The predicted molar refractivity (Wildman–Crippen MR) is 267 cm³/mol. The van der Waals surface area contributed by atoms with Gasteiger partial charge in [0.1, 0.15) is 49.3 Å². The number of rotatable bonds is 11. The third kappa shape index (κ3) is 10.6. The van der Waals surface area contributed by atoms with Gasteiger partial charge in [0, 0.05) is 30.7 Å². The molecule has 0 spiro atoms. The number of esters is 3. The van der Waals surface area contributed by atoms with Crippen molar-refractivity contribution >= 4 is 112 Å². The molecule has 8 rings (SSSR count). The Bertz CT molecular complexity index is 2730. The lowest BCUT2D eigenvalue weighted by molar-refractivity contribution is -0.346. The maximum Gasteiger partial charge on any atom is 0.509 e. The first-order valence-electron chi connectivity index (χ1n) is 23.1. The highest BCUT2D eigenvalue weighted by Crippen LogP contribution is 2.65. The first-order chi connectivity index (χ1) is 34.7. The van der Waals surface area contributed by atoms with Crippen molar-refractivity contribution in [3.8, 4) is 0 Å². The molecular formula is C51H49Cl6NO16. The van der Waals surface area contributed by atoms with Crippen molar-refractivity contribution in [1.29, 1.82) is 0 Å². The fourth-order valence-corrected chi connectivity index (χ4v) is 11.3. The van der Waals surface area contributed by atoms with Crippen molar-refractivity contribution in [3.05, 3.63) is 119 Å². The van der Waals surface area contributed by atoms with Crippen LogP contribution in [0.25, 0.3) is 0 Å². The van der Waals surface area contributed by atoms with E-state index < -0.39 is 147 Å². The summed E-state index contributed by atoms with van der Waals surface area (Å²) in [5.74, 6) is -5.59. The molecule has 3 aromatic carbocycles. The van der Waals surface area contributed by atoms with Gasteiger partial charge in [-0.15, -0.1) is 0 Å². The first kappa shape index (κ1) is 55.4. The Hall–Kier alpha value is -4.85. The molecule has 23 heteroatoms. The molecule has 17 nitrogen and oxygen atoms in total. The van der Waals surface area contributed by atoms with E-state index in [0.29, 0.717) is 11.1 Å². The number of Topliss-reactive ketones (excluding diaryl/α,β-unsaturated/α-hetero) is 1. The van der Waals surface area contributed by atoms with Crippen LogP contribution in [0.1, 0.15) is 75.0 Å². The maximum absolute atomic E-state index is 16.4. The third-order valence-corrected chi connectivity index (χ3v) is 15.1. The summed E-state index contributed by atoms with van der Waals surface area (Å²) in [4.78, 5) is 91.8. The summed E-state index contributed by atoms with van der Waals surface area (Å²) in [6.45, 7) is 4.75. The average molecular weight is 1140 g/mol. The van der Waals surface area contributed by atoms with Gasteiger partial charge in [-0.3, -0.25) is 9.59 Å². The number of hydrogen-bond donors (Lipinski definition) is 1. The van der Waals surface area contributed by atoms with E-state index in [0.717, 1.165) is 6.92 Å². The van der Waals surface area contributed by atoms with Gasteiger partial charge in [0.25, 0.3) is 0 Å². The molecule has 74 heavy (non-hydrogen) atoms. The molecule has 0 amide bonds. The van der Waals surface area contributed by atoms with Crippen molar-refractivity contribution in [2.24, 2.45) is 21.7 Å². The zero-order valence-electron chi connectivity index (χ0n) is 40.1. The second-order valence-electron chi connectivity index (χ2n) is 19.3. The van der Waals surface area contributed by atoms with E-state index in [1.807, 2.05) is 0 Å². The summed E-state index contributed by atoms with van der Waals surface area (Å²) in [5, 5.41) is 14.1. The van der Waals surface area contributed by atoms with E-state index in [4.69, 9.17) is 117 Å². The minimum Gasteiger partial charge on any atom is -0.459 e. The Morgan fingerprint density at radius 1 is 0.784 bits per heavy atom. The lowest BCUT2D eigenvalue weighted by atomic mass is 9.44. The van der Waals surface area contributed by atoms with Crippen molar-refractivity contribution in [2.45, 2.75) is 109 Å². The Morgan fingerprint density at radius 2 is 1.35 bits per heavy atom. The number of benzene rings is 3. The molecule has 2 heterocycles. The lowest BCUT2D eigenvalue weighted by Gasteiger charge is -2.67. The molecule has 3 fully saturated rings. The van der Waals surface area contributed by atoms with Crippen molar-refractivity contribution in [1.82, 2.24) is 0 Å². The average Bonchev–Trinajstić information content (AvgIpc) is 3.80. The number of aliphatic imine (C=N–C) groups is 1. The van der Waals surface area contributed by atoms with Crippen molar-refractivity contribution < 1.29 is 76.5 Å². The number of fused-ring (bicyclic) bond motifs is 5. The Labute approximate surface area is 454 Å². The molecule has 11 atom stereocenters. The van der Waals surface area contributed by atoms with E-state index in [1.165, 1.54) is 39.8 Å². The topological polar surface area (TPSA) is 218 Å². The maximum atomic E-state index is 16.4. The van der Waals surface area contributed by atoms with Crippen LogP contribution in [0.4, 0.5) is 9.59 Å². The predicted octanol–water partition coefficient (Wildman–Crippen LogP) is 9.28. The molecular weight excluding hydrogens is 1100 g/mol. The summed E-state index contributed by atoms with van der Waals surface area (Å²) in [7, 11) is 0. The third-order valence-electron chi connectivity index (χ3n) is 14.5. The molecule has 3 aromatic rings. The number of carbonyl (C=O) groups is 6. The molecule has 0 aromatic heterocycles. The molecule has 396 valence electrons. The Morgan fingerprint density at radius 3 is 1.91 bits per heavy atom. The molecule has 2 bridgehead atoms. The van der Waals surface area contributed by atoms with Gasteiger partial charge in [-0.25, -0.2) is 24.2 Å². The van der Waals surface area contributed by atoms with Gasteiger partial charge in [-0.05, 0) is 54.8 Å². The van der Waals surface area contributed by atoms with Crippen LogP contribution in [-0.4, -0.2) is 122 Å². The van der Waals surface area contributed by atoms with Crippen LogP contribution < -0.4 is 0 Å². The van der Waals surface area contributed by atoms with Crippen molar-refractivity contribution in [2.75, 3.05) is 19.8 Å². The van der Waals surface area contributed by atoms with E-state index in [1.54, 1.807) is 78.9 Å². The Kier molecular flexibility index (Phi) is 15.7. The number of halogens is 6. The van der Waals surface area contributed by atoms with Crippen LogP contribution in [0.2, 0.25) is 0 Å². The van der Waals surface area contributed by atoms with Crippen LogP contribution in [0.5, 0.6) is 0 Å². The normalized spacial score (nSPS) is 31.0. The van der Waals surface area contributed by atoms with Crippen LogP contribution in [-0.2, 0) is 57.0 Å². The minimum atomic E-state index is -2.56. The second kappa shape index (κ2) is 20.9. The smallest absolute Gasteiger partial charge is 0.459 e. The van der Waals surface area contributed by atoms with E-state index in [9.17, 15) is 29.1 Å². The van der Waals surface area contributed by atoms with Crippen LogP contribution in [0.15, 0.2) is 107 Å². The molecule has 0 unspecified atom stereocenters. The Balaban J connectivity index is 1.33. The highest BCUT2D eigenvalue weighted by molar-refractivity contribution is 6.68. The molecule has 1 N–H and O–H groups in total. The molecule has 2 saturated carbocycles. The fourth-order valence-electron chi connectivity index (χ4n) is 11.0. The van der Waals surface area contributed by atoms with E-state index in [2.05, 4.69) is 0 Å². The van der Waals surface area contributed by atoms with Crippen molar-refractivity contribution in [3.63, 3.8) is 0 Å². The van der Waals surface area contributed by atoms with Gasteiger partial charge >= 0.3 is 30.2 Å². The summed E-state index contributed by atoms with van der Waals surface area (Å²) >= 11 is 35.6.